The van der Waals surface area contributed by atoms with Crippen molar-refractivity contribution in [2.45, 2.75) is 12.2 Å². The molecule has 1 amide bonds. The van der Waals surface area contributed by atoms with E-state index in [0.29, 0.717) is 18.2 Å². The molecule has 0 heterocycles. The fraction of sp³-hybridized carbons (Fsp3) is 0.133. The Morgan fingerprint density at radius 1 is 0.962 bits per heavy atom. The first-order valence-corrected chi connectivity index (χ1v) is 6.96. The molecule has 0 aromatic heterocycles. The Balaban J connectivity index is 2.41. The lowest BCUT2D eigenvalue weighted by atomic mass is 10.1. The number of nitrogens with one attached hydrogen (secondary N) is 1. The number of nitro groups is 2. The molecule has 0 bridgehead atoms. The van der Waals surface area contributed by atoms with E-state index in [0.717, 1.165) is 12.1 Å². The topological polar surface area (TPSA) is 115 Å². The smallest absolute Gasteiger partial charge is 0.337 e. The summed E-state index contributed by atoms with van der Waals surface area (Å²) in [4.78, 5) is 31.9. The molecule has 136 valence electrons. The van der Waals surface area contributed by atoms with Gasteiger partial charge in [-0.25, -0.2) is 0 Å². The van der Waals surface area contributed by atoms with Gasteiger partial charge in [0.25, 0.3) is 17.3 Å². The van der Waals surface area contributed by atoms with Crippen LogP contribution in [0.15, 0.2) is 48.5 Å². The van der Waals surface area contributed by atoms with Gasteiger partial charge in [-0.05, 0) is 5.56 Å². The van der Waals surface area contributed by atoms with E-state index >= 15 is 0 Å². The Morgan fingerprint density at radius 3 is 1.88 bits per heavy atom. The summed E-state index contributed by atoms with van der Waals surface area (Å²) in [5.41, 5.74) is -2.45. The minimum Gasteiger partial charge on any atom is -0.337 e. The van der Waals surface area contributed by atoms with E-state index in [4.69, 9.17) is 0 Å². The molecule has 0 saturated heterocycles. The van der Waals surface area contributed by atoms with Crippen molar-refractivity contribution in [2.24, 2.45) is 0 Å². The molecule has 2 aromatic rings. The zero-order valence-corrected chi connectivity index (χ0v) is 12.8. The van der Waals surface area contributed by atoms with Crippen LogP contribution < -0.4 is 5.32 Å². The van der Waals surface area contributed by atoms with Gasteiger partial charge in [0.2, 0.25) is 0 Å². The molecule has 2 rings (SSSR count). The third-order valence-corrected chi connectivity index (χ3v) is 3.32. The number of non-ortho nitro benzene ring substituents is 2. The fourth-order valence-electron chi connectivity index (χ4n) is 2.15. The van der Waals surface area contributed by atoms with E-state index in [-0.39, 0.29) is 5.56 Å². The molecule has 0 unspecified atom stereocenters. The minimum absolute atomic E-state index is 0.256. The van der Waals surface area contributed by atoms with Gasteiger partial charge in [0.15, 0.2) is 6.04 Å². The summed E-state index contributed by atoms with van der Waals surface area (Å²) >= 11 is 0. The molecule has 0 radical (unpaired) electrons. The van der Waals surface area contributed by atoms with Gasteiger partial charge in [-0.15, -0.1) is 0 Å². The number of amides is 1. The molecule has 1 N–H and O–H groups in total. The van der Waals surface area contributed by atoms with Crippen molar-refractivity contribution in [3.8, 4) is 0 Å². The maximum atomic E-state index is 13.3. The molecule has 11 heteroatoms. The highest BCUT2D eigenvalue weighted by Crippen LogP contribution is 2.33. The van der Waals surface area contributed by atoms with E-state index in [1.807, 2.05) is 0 Å². The van der Waals surface area contributed by atoms with Crippen LogP contribution in [-0.2, 0) is 0 Å². The largest absolute Gasteiger partial charge is 0.412 e. The number of carbonyl (C=O) groups is 1. The maximum absolute atomic E-state index is 13.3. The zero-order valence-electron chi connectivity index (χ0n) is 12.8. The molecule has 0 aliphatic heterocycles. The van der Waals surface area contributed by atoms with E-state index in [2.05, 4.69) is 0 Å². The van der Waals surface area contributed by atoms with Crippen LogP contribution in [0.2, 0.25) is 0 Å². The first-order chi connectivity index (χ1) is 12.1. The summed E-state index contributed by atoms with van der Waals surface area (Å²) in [6.07, 6.45) is -4.84. The SMILES string of the molecule is O=C(N[C@H](c1ccccc1)C(F)(F)F)c1cc([N+](=O)[O-])cc([N+](=O)[O-])c1. The van der Waals surface area contributed by atoms with Crippen LogP contribution in [0.4, 0.5) is 24.5 Å². The van der Waals surface area contributed by atoms with Crippen molar-refractivity contribution in [1.82, 2.24) is 5.32 Å². The standard InChI is InChI=1S/C15H10F3N3O5/c16-15(17,18)13(9-4-2-1-3-5-9)19-14(22)10-6-11(20(23)24)8-12(7-10)21(25)26/h1-8,13H,(H,19,22)/t13-/m1/s1. The Kier molecular flexibility index (Phi) is 5.19. The molecule has 26 heavy (non-hydrogen) atoms. The van der Waals surface area contributed by atoms with Crippen LogP contribution in [0.1, 0.15) is 22.0 Å². The first kappa shape index (κ1) is 18.8. The fourth-order valence-corrected chi connectivity index (χ4v) is 2.15. The van der Waals surface area contributed by atoms with Crippen molar-refractivity contribution >= 4 is 17.3 Å². The van der Waals surface area contributed by atoms with Gasteiger partial charge >= 0.3 is 6.18 Å². The van der Waals surface area contributed by atoms with Crippen molar-refractivity contribution in [3.63, 3.8) is 0 Å². The van der Waals surface area contributed by atoms with Crippen molar-refractivity contribution in [2.75, 3.05) is 0 Å². The lowest BCUT2D eigenvalue weighted by molar-refractivity contribution is -0.394. The van der Waals surface area contributed by atoms with Gasteiger partial charge in [0, 0.05) is 12.1 Å². The predicted molar refractivity (Wildman–Crippen MR) is 82.5 cm³/mol. The number of benzene rings is 2. The highest BCUT2D eigenvalue weighted by atomic mass is 19.4. The normalized spacial score (nSPS) is 12.3. The third-order valence-electron chi connectivity index (χ3n) is 3.32. The number of rotatable bonds is 5. The molecule has 0 spiro atoms. The predicted octanol–water partition coefficient (Wildman–Crippen LogP) is 3.54. The summed E-state index contributed by atoms with van der Waals surface area (Å²) in [5, 5.41) is 23.4. The van der Waals surface area contributed by atoms with Crippen molar-refractivity contribution in [1.29, 1.82) is 0 Å². The Bertz CT molecular complexity index is 823. The summed E-state index contributed by atoms with van der Waals surface area (Å²) < 4.78 is 39.8. The first-order valence-electron chi connectivity index (χ1n) is 6.96. The summed E-state index contributed by atoms with van der Waals surface area (Å²) in [6, 6.07) is 6.04. The quantitative estimate of drug-likeness (QED) is 0.639. The maximum Gasteiger partial charge on any atom is 0.412 e. The van der Waals surface area contributed by atoms with E-state index < -0.39 is 44.9 Å². The molecule has 2 aromatic carbocycles. The average molecular weight is 369 g/mol. The van der Waals surface area contributed by atoms with Gasteiger partial charge in [-0.2, -0.15) is 13.2 Å². The average Bonchev–Trinajstić information content (AvgIpc) is 2.58. The summed E-state index contributed by atoms with van der Waals surface area (Å²) in [6.45, 7) is 0. The lowest BCUT2D eigenvalue weighted by Crippen LogP contribution is -2.38. The monoisotopic (exact) mass is 369 g/mol. The molecule has 1 atom stereocenters. The second-order valence-corrected chi connectivity index (χ2v) is 5.11. The molecule has 0 aliphatic carbocycles. The van der Waals surface area contributed by atoms with Gasteiger partial charge in [-0.3, -0.25) is 25.0 Å². The van der Waals surface area contributed by atoms with Crippen LogP contribution in [0.5, 0.6) is 0 Å². The van der Waals surface area contributed by atoms with Crippen LogP contribution in [-0.4, -0.2) is 21.9 Å². The number of carbonyl (C=O) groups excluding carboxylic acids is 1. The number of nitro benzene ring substituents is 2. The highest BCUT2D eigenvalue weighted by Gasteiger charge is 2.42. The number of hydrogen-bond donors (Lipinski definition) is 1. The number of halogens is 3. The summed E-state index contributed by atoms with van der Waals surface area (Å²) in [7, 11) is 0. The third kappa shape index (κ3) is 4.32. The molecular weight excluding hydrogens is 359 g/mol. The highest BCUT2D eigenvalue weighted by molar-refractivity contribution is 5.95. The Labute approximate surface area is 143 Å². The number of nitrogens with zero attached hydrogens (tertiary/aromatic N) is 2. The van der Waals surface area contributed by atoms with E-state index in [1.165, 1.54) is 18.2 Å². The van der Waals surface area contributed by atoms with E-state index in [1.54, 1.807) is 5.32 Å². The Hall–Kier alpha value is -3.50. The van der Waals surface area contributed by atoms with Gasteiger partial charge in [0.05, 0.1) is 21.5 Å². The van der Waals surface area contributed by atoms with Crippen LogP contribution in [0.3, 0.4) is 0 Å². The second-order valence-electron chi connectivity index (χ2n) is 5.11. The molecule has 8 nitrogen and oxygen atoms in total. The van der Waals surface area contributed by atoms with Crippen LogP contribution in [0.25, 0.3) is 0 Å². The lowest BCUT2D eigenvalue weighted by Gasteiger charge is -2.22. The summed E-state index contributed by atoms with van der Waals surface area (Å²) in [5.74, 6) is -1.33. The van der Waals surface area contributed by atoms with Gasteiger partial charge < -0.3 is 5.32 Å². The van der Waals surface area contributed by atoms with E-state index in [9.17, 15) is 38.2 Å². The van der Waals surface area contributed by atoms with Crippen molar-refractivity contribution in [3.05, 3.63) is 79.9 Å². The Morgan fingerprint density at radius 2 is 1.46 bits per heavy atom. The number of alkyl halides is 3. The van der Waals surface area contributed by atoms with Gasteiger partial charge in [-0.1, -0.05) is 30.3 Å². The zero-order chi connectivity index (χ0) is 19.5. The van der Waals surface area contributed by atoms with Crippen molar-refractivity contribution < 1.29 is 27.8 Å². The second kappa shape index (κ2) is 7.17. The van der Waals surface area contributed by atoms with Crippen LogP contribution >= 0.6 is 0 Å². The van der Waals surface area contributed by atoms with Gasteiger partial charge in [0.1, 0.15) is 0 Å². The molecular formula is C15H10F3N3O5. The molecule has 0 aliphatic rings. The number of hydrogen-bond acceptors (Lipinski definition) is 5. The molecule has 0 saturated carbocycles. The minimum atomic E-state index is -4.84. The van der Waals surface area contributed by atoms with Crippen LogP contribution in [0, 0.1) is 20.2 Å². The molecule has 0 fully saturated rings.